The normalized spacial score (nSPS) is 15.4. The van der Waals surface area contributed by atoms with Gasteiger partial charge in [-0.15, -0.1) is 0 Å². The molecule has 1 aliphatic rings. The number of rotatable bonds is 9. The number of ether oxygens (including phenoxy) is 2. The van der Waals surface area contributed by atoms with E-state index in [1.165, 1.54) is 12.3 Å². The van der Waals surface area contributed by atoms with Crippen LogP contribution in [0.1, 0.15) is 34.3 Å². The Hall–Kier alpha value is -3.86. The van der Waals surface area contributed by atoms with Gasteiger partial charge in [0.15, 0.2) is 0 Å². The number of carbonyl (C=O) groups is 1. The number of hydrogen-bond donors (Lipinski definition) is 3. The van der Waals surface area contributed by atoms with Crippen molar-refractivity contribution in [1.82, 2.24) is 9.97 Å². The van der Waals surface area contributed by atoms with Crippen LogP contribution >= 0.6 is 0 Å². The van der Waals surface area contributed by atoms with Gasteiger partial charge < -0.3 is 25.4 Å². The van der Waals surface area contributed by atoms with Gasteiger partial charge in [-0.05, 0) is 54.8 Å². The number of pyridine rings is 2. The molecule has 1 aromatic carbocycles. The van der Waals surface area contributed by atoms with Gasteiger partial charge in [0.25, 0.3) is 5.91 Å². The van der Waals surface area contributed by atoms with Gasteiger partial charge in [0.1, 0.15) is 24.0 Å². The summed E-state index contributed by atoms with van der Waals surface area (Å²) in [6, 6.07) is 9.93. The first-order valence-electron chi connectivity index (χ1n) is 11.4. The summed E-state index contributed by atoms with van der Waals surface area (Å²) in [6.07, 6.45) is 0.0750. The Morgan fingerprint density at radius 3 is 2.78 bits per heavy atom. The van der Waals surface area contributed by atoms with Gasteiger partial charge in [-0.25, -0.2) is 9.97 Å². The fourth-order valence-electron chi connectivity index (χ4n) is 3.72. The zero-order valence-electron chi connectivity index (χ0n) is 19.6. The molecule has 1 saturated heterocycles. The summed E-state index contributed by atoms with van der Waals surface area (Å²) in [7, 11) is 1.76. The van der Waals surface area contributed by atoms with Crippen LogP contribution < -0.4 is 20.7 Å². The van der Waals surface area contributed by atoms with Crippen LogP contribution in [0.2, 0.25) is 0 Å². The molecule has 1 fully saturated rings. The number of carbonyl (C=O) groups excluding carboxylic acids is 1. The van der Waals surface area contributed by atoms with Crippen LogP contribution in [-0.4, -0.2) is 42.2 Å². The Kier molecular flexibility index (Phi) is 7.89. The van der Waals surface area contributed by atoms with Crippen molar-refractivity contribution in [3.05, 3.63) is 71.5 Å². The van der Waals surface area contributed by atoms with Crippen LogP contribution in [0.25, 0.3) is 0 Å². The van der Waals surface area contributed by atoms with Gasteiger partial charge in [0, 0.05) is 44.3 Å². The lowest BCUT2D eigenvalue weighted by atomic mass is 10.1. The van der Waals surface area contributed by atoms with Gasteiger partial charge in [-0.2, -0.15) is 13.2 Å². The summed E-state index contributed by atoms with van der Waals surface area (Å²) >= 11 is 0. The first-order chi connectivity index (χ1) is 17.3. The molecule has 0 bridgehead atoms. The Morgan fingerprint density at radius 2 is 2.03 bits per heavy atom. The molecule has 36 heavy (non-hydrogen) atoms. The summed E-state index contributed by atoms with van der Waals surface area (Å²) in [5.41, 5.74) is 0.113. The third kappa shape index (κ3) is 6.63. The third-order valence-corrected chi connectivity index (χ3v) is 5.54. The topological polar surface area (TPSA) is 97.4 Å². The van der Waals surface area contributed by atoms with Crippen LogP contribution in [0.15, 0.2) is 54.9 Å². The number of halogens is 3. The average molecular weight is 502 g/mol. The highest BCUT2D eigenvalue weighted by molar-refractivity contribution is 6.07. The molecule has 4 rings (SSSR count). The van der Waals surface area contributed by atoms with Crippen molar-refractivity contribution in [3.8, 4) is 5.75 Å². The number of amides is 1. The van der Waals surface area contributed by atoms with E-state index in [0.717, 1.165) is 30.5 Å². The molecule has 11 heteroatoms. The summed E-state index contributed by atoms with van der Waals surface area (Å²) in [6.45, 7) is 1.10. The summed E-state index contributed by atoms with van der Waals surface area (Å²) in [5, 5.41) is 8.60. The van der Waals surface area contributed by atoms with E-state index in [1.54, 1.807) is 25.4 Å². The fraction of sp³-hybridized carbons (Fsp3) is 0.320. The zero-order chi connectivity index (χ0) is 25.5. The molecular formula is C25H26F3N5O3. The SMILES string of the molecule is CNc1cc(CNc2ncccc2C(=O)Nc2cc(OC[C@H]3CCCO3)cc(C(F)(F)F)c2)ccn1. The maximum absolute atomic E-state index is 13.5. The van der Waals surface area contributed by atoms with E-state index in [0.29, 0.717) is 24.8 Å². The highest BCUT2D eigenvalue weighted by Gasteiger charge is 2.32. The van der Waals surface area contributed by atoms with E-state index in [9.17, 15) is 18.0 Å². The van der Waals surface area contributed by atoms with Crippen molar-refractivity contribution in [1.29, 1.82) is 0 Å². The number of hydrogen-bond acceptors (Lipinski definition) is 7. The molecule has 8 nitrogen and oxygen atoms in total. The van der Waals surface area contributed by atoms with Gasteiger partial charge in [0.05, 0.1) is 17.2 Å². The van der Waals surface area contributed by atoms with Gasteiger partial charge in [-0.3, -0.25) is 4.79 Å². The molecular weight excluding hydrogens is 475 g/mol. The summed E-state index contributed by atoms with van der Waals surface area (Å²) in [5.74, 6) is 0.369. The summed E-state index contributed by atoms with van der Waals surface area (Å²) in [4.78, 5) is 21.4. The molecule has 3 heterocycles. The Labute approximate surface area is 206 Å². The molecule has 3 aromatic rings. The first-order valence-corrected chi connectivity index (χ1v) is 11.4. The lowest BCUT2D eigenvalue weighted by Crippen LogP contribution is -2.18. The highest BCUT2D eigenvalue weighted by Crippen LogP contribution is 2.34. The first kappa shape index (κ1) is 25.2. The largest absolute Gasteiger partial charge is 0.491 e. The van der Waals surface area contributed by atoms with Crippen LogP contribution in [0, 0.1) is 0 Å². The molecule has 3 N–H and O–H groups in total. The standard InChI is InChI=1S/C25H26F3N5O3/c1-29-22-10-16(6-8-30-22)14-32-23-21(5-2-7-31-23)24(34)33-18-11-17(25(26,27)28)12-20(13-18)36-15-19-4-3-9-35-19/h2,5-8,10-13,19H,3-4,9,14-15H2,1H3,(H,29,30)(H,31,32)(H,33,34)/t19-/m1/s1. The Morgan fingerprint density at radius 1 is 1.17 bits per heavy atom. The van der Waals surface area contributed by atoms with Gasteiger partial charge >= 0.3 is 6.18 Å². The molecule has 1 amide bonds. The van der Waals surface area contributed by atoms with Crippen molar-refractivity contribution >= 4 is 23.2 Å². The molecule has 2 aromatic heterocycles. The van der Waals surface area contributed by atoms with Crippen LogP contribution in [0.5, 0.6) is 5.75 Å². The number of alkyl halides is 3. The third-order valence-electron chi connectivity index (χ3n) is 5.54. The van der Waals surface area contributed by atoms with Crippen molar-refractivity contribution in [2.75, 3.05) is 36.2 Å². The average Bonchev–Trinajstić information content (AvgIpc) is 3.40. The maximum atomic E-state index is 13.5. The van der Waals surface area contributed by atoms with E-state index in [1.807, 2.05) is 12.1 Å². The molecule has 190 valence electrons. The lowest BCUT2D eigenvalue weighted by molar-refractivity contribution is -0.137. The van der Waals surface area contributed by atoms with E-state index in [-0.39, 0.29) is 29.7 Å². The highest BCUT2D eigenvalue weighted by atomic mass is 19.4. The van der Waals surface area contributed by atoms with Crippen molar-refractivity contribution in [2.45, 2.75) is 31.7 Å². The van der Waals surface area contributed by atoms with Crippen molar-refractivity contribution in [3.63, 3.8) is 0 Å². The number of benzene rings is 1. The quantitative estimate of drug-likeness (QED) is 0.381. The molecule has 0 unspecified atom stereocenters. The molecule has 0 radical (unpaired) electrons. The molecule has 0 spiro atoms. The van der Waals surface area contributed by atoms with Crippen LogP contribution in [0.3, 0.4) is 0 Å². The second kappa shape index (κ2) is 11.3. The van der Waals surface area contributed by atoms with Crippen LogP contribution in [0.4, 0.5) is 30.5 Å². The smallest absolute Gasteiger partial charge is 0.416 e. The van der Waals surface area contributed by atoms with Gasteiger partial charge in [-0.1, -0.05) is 0 Å². The predicted molar refractivity (Wildman–Crippen MR) is 129 cm³/mol. The van der Waals surface area contributed by atoms with E-state index in [4.69, 9.17) is 9.47 Å². The van der Waals surface area contributed by atoms with Crippen molar-refractivity contribution in [2.24, 2.45) is 0 Å². The minimum atomic E-state index is -4.61. The molecule has 1 aliphatic heterocycles. The minimum absolute atomic E-state index is 0.00168. The number of nitrogens with one attached hydrogen (secondary N) is 3. The summed E-state index contributed by atoms with van der Waals surface area (Å²) < 4.78 is 51.6. The molecule has 0 saturated carbocycles. The van der Waals surface area contributed by atoms with E-state index < -0.39 is 17.6 Å². The van der Waals surface area contributed by atoms with E-state index >= 15 is 0 Å². The maximum Gasteiger partial charge on any atom is 0.416 e. The minimum Gasteiger partial charge on any atom is -0.491 e. The molecule has 1 atom stereocenters. The Bertz CT molecular complexity index is 1200. The number of anilines is 3. The second-order valence-corrected chi connectivity index (χ2v) is 8.20. The predicted octanol–water partition coefficient (Wildman–Crippen LogP) is 4.96. The number of aromatic nitrogens is 2. The second-order valence-electron chi connectivity index (χ2n) is 8.20. The van der Waals surface area contributed by atoms with Gasteiger partial charge in [0.2, 0.25) is 0 Å². The Balaban J connectivity index is 1.50. The van der Waals surface area contributed by atoms with Crippen molar-refractivity contribution < 1.29 is 27.4 Å². The molecule has 0 aliphatic carbocycles. The number of nitrogens with zero attached hydrogens (tertiary/aromatic N) is 2. The lowest BCUT2D eigenvalue weighted by Gasteiger charge is -2.16. The monoisotopic (exact) mass is 501 g/mol. The fourth-order valence-corrected chi connectivity index (χ4v) is 3.72. The zero-order valence-corrected chi connectivity index (χ0v) is 19.6. The van der Waals surface area contributed by atoms with Crippen LogP contribution in [-0.2, 0) is 17.5 Å². The van der Waals surface area contributed by atoms with E-state index in [2.05, 4.69) is 25.9 Å².